The lowest BCUT2D eigenvalue weighted by Gasteiger charge is -2.12. The Labute approximate surface area is 120 Å². The van der Waals surface area contributed by atoms with Gasteiger partial charge in [0.25, 0.3) is 0 Å². The van der Waals surface area contributed by atoms with Crippen LogP contribution in [0.4, 0.5) is 23.2 Å². The third-order valence-electron chi connectivity index (χ3n) is 2.53. The van der Waals surface area contributed by atoms with Gasteiger partial charge in [0.15, 0.2) is 0 Å². The largest absolute Gasteiger partial charge is 0.416 e. The third-order valence-corrected chi connectivity index (χ3v) is 3.81. The molecule has 0 heterocycles. The van der Waals surface area contributed by atoms with E-state index in [4.69, 9.17) is 0 Å². The molecule has 9 heteroatoms. The van der Waals surface area contributed by atoms with Gasteiger partial charge in [0.05, 0.1) is 17.0 Å². The number of nitrogens with one attached hydrogen (secondary N) is 2. The van der Waals surface area contributed by atoms with Crippen molar-refractivity contribution in [2.24, 2.45) is 0 Å². The number of sulfonamides is 1. The van der Waals surface area contributed by atoms with Crippen molar-refractivity contribution in [3.63, 3.8) is 0 Å². The summed E-state index contributed by atoms with van der Waals surface area (Å²) in [7, 11) is -3.92. The Morgan fingerprint density at radius 3 is 2.43 bits per heavy atom. The van der Waals surface area contributed by atoms with Crippen LogP contribution in [0.3, 0.4) is 0 Å². The van der Waals surface area contributed by atoms with Crippen molar-refractivity contribution in [3.05, 3.63) is 29.6 Å². The summed E-state index contributed by atoms with van der Waals surface area (Å²) in [6.45, 7) is 2.65. The molecule has 0 radical (unpaired) electrons. The fraction of sp³-hybridized carbons (Fsp3) is 0.500. The molecule has 4 nitrogen and oxygen atoms in total. The maximum Gasteiger partial charge on any atom is 0.416 e. The predicted molar refractivity (Wildman–Crippen MR) is 72.0 cm³/mol. The summed E-state index contributed by atoms with van der Waals surface area (Å²) in [5.74, 6) is -1.42. The summed E-state index contributed by atoms with van der Waals surface area (Å²) in [4.78, 5) is 0. The van der Waals surface area contributed by atoms with Gasteiger partial charge in [0.1, 0.15) is 5.82 Å². The van der Waals surface area contributed by atoms with Crippen molar-refractivity contribution < 1.29 is 26.0 Å². The molecule has 0 saturated carbocycles. The van der Waals surface area contributed by atoms with Crippen molar-refractivity contribution in [2.75, 3.05) is 23.6 Å². The van der Waals surface area contributed by atoms with Gasteiger partial charge in [-0.2, -0.15) is 13.2 Å². The van der Waals surface area contributed by atoms with Gasteiger partial charge in [-0.3, -0.25) is 4.72 Å². The third kappa shape index (κ3) is 5.88. The highest BCUT2D eigenvalue weighted by Gasteiger charge is 2.31. The van der Waals surface area contributed by atoms with Gasteiger partial charge in [0.2, 0.25) is 10.0 Å². The van der Waals surface area contributed by atoms with Crippen molar-refractivity contribution in [1.82, 2.24) is 5.32 Å². The second-order valence-electron chi connectivity index (χ2n) is 4.36. The molecule has 21 heavy (non-hydrogen) atoms. The van der Waals surface area contributed by atoms with E-state index < -0.39 is 33.3 Å². The van der Waals surface area contributed by atoms with Gasteiger partial charge in [-0.05, 0) is 31.2 Å². The average molecular weight is 328 g/mol. The van der Waals surface area contributed by atoms with Crippen LogP contribution in [0.5, 0.6) is 0 Å². The van der Waals surface area contributed by atoms with Crippen LogP contribution in [-0.4, -0.2) is 27.3 Å². The first-order valence-electron chi connectivity index (χ1n) is 6.23. The molecule has 0 unspecified atom stereocenters. The maximum atomic E-state index is 13.4. The Kier molecular flexibility index (Phi) is 5.97. The molecule has 0 aliphatic carbocycles. The molecule has 1 rings (SSSR count). The molecule has 0 spiro atoms. The Morgan fingerprint density at radius 1 is 1.19 bits per heavy atom. The number of benzene rings is 1. The molecular weight excluding hydrogens is 312 g/mol. The lowest BCUT2D eigenvalue weighted by Crippen LogP contribution is -2.27. The van der Waals surface area contributed by atoms with E-state index in [1.165, 1.54) is 0 Å². The lowest BCUT2D eigenvalue weighted by atomic mass is 10.2. The standard InChI is InChI=1S/C12H16F4N2O2S/c1-2-5-17-6-7-21(19,20)18-11-8-9(12(14,15)16)3-4-10(11)13/h3-4,8,17-18H,2,5-7H2,1H3. The molecule has 1 aromatic rings. The zero-order valence-electron chi connectivity index (χ0n) is 11.3. The van der Waals surface area contributed by atoms with Gasteiger partial charge in [-0.25, -0.2) is 12.8 Å². The Morgan fingerprint density at radius 2 is 1.86 bits per heavy atom. The fourth-order valence-corrected chi connectivity index (χ4v) is 2.51. The van der Waals surface area contributed by atoms with E-state index in [1.54, 1.807) is 0 Å². The van der Waals surface area contributed by atoms with Crippen LogP contribution in [0.2, 0.25) is 0 Å². The maximum absolute atomic E-state index is 13.4. The predicted octanol–water partition coefficient (Wildman–Crippen LogP) is 2.59. The van der Waals surface area contributed by atoms with E-state index in [-0.39, 0.29) is 12.3 Å². The number of hydrogen-bond acceptors (Lipinski definition) is 3. The minimum absolute atomic E-state index is 0.129. The number of halogens is 4. The first-order valence-corrected chi connectivity index (χ1v) is 7.89. The number of anilines is 1. The zero-order chi connectivity index (χ0) is 16.1. The van der Waals surface area contributed by atoms with Crippen molar-refractivity contribution in [1.29, 1.82) is 0 Å². The van der Waals surface area contributed by atoms with E-state index in [0.29, 0.717) is 24.7 Å². The van der Waals surface area contributed by atoms with E-state index in [0.717, 1.165) is 6.42 Å². The van der Waals surface area contributed by atoms with Crippen LogP contribution in [0.25, 0.3) is 0 Å². The summed E-state index contributed by atoms with van der Waals surface area (Å²) in [5, 5.41) is 2.83. The van der Waals surface area contributed by atoms with Gasteiger partial charge in [0, 0.05) is 6.54 Å². The van der Waals surface area contributed by atoms with E-state index >= 15 is 0 Å². The highest BCUT2D eigenvalue weighted by Crippen LogP contribution is 2.32. The van der Waals surface area contributed by atoms with E-state index in [9.17, 15) is 26.0 Å². The Balaban J connectivity index is 2.82. The monoisotopic (exact) mass is 328 g/mol. The van der Waals surface area contributed by atoms with E-state index in [2.05, 4.69) is 5.32 Å². The van der Waals surface area contributed by atoms with Crippen LogP contribution >= 0.6 is 0 Å². The zero-order valence-corrected chi connectivity index (χ0v) is 12.1. The average Bonchev–Trinajstić information content (AvgIpc) is 2.36. The number of hydrogen-bond donors (Lipinski definition) is 2. The second-order valence-corrected chi connectivity index (χ2v) is 6.21. The van der Waals surface area contributed by atoms with Gasteiger partial charge in [-0.15, -0.1) is 0 Å². The molecule has 2 N–H and O–H groups in total. The molecular formula is C12H16F4N2O2S. The molecule has 120 valence electrons. The molecule has 0 bridgehead atoms. The summed E-state index contributed by atoms with van der Waals surface area (Å²) < 4.78 is 76.1. The first kappa shape index (κ1) is 17.7. The van der Waals surface area contributed by atoms with Gasteiger partial charge in [-0.1, -0.05) is 6.92 Å². The van der Waals surface area contributed by atoms with Gasteiger partial charge >= 0.3 is 6.18 Å². The minimum atomic E-state index is -4.67. The SMILES string of the molecule is CCCNCCS(=O)(=O)Nc1cc(C(F)(F)F)ccc1F. The number of alkyl halides is 3. The molecule has 0 aliphatic rings. The van der Waals surface area contributed by atoms with Crippen LogP contribution in [0, 0.1) is 5.82 Å². The second kappa shape index (κ2) is 7.08. The molecule has 0 atom stereocenters. The van der Waals surface area contributed by atoms with Crippen LogP contribution in [0.15, 0.2) is 18.2 Å². The molecule has 1 aromatic carbocycles. The minimum Gasteiger partial charge on any atom is -0.316 e. The van der Waals surface area contributed by atoms with Crippen molar-refractivity contribution >= 4 is 15.7 Å². The van der Waals surface area contributed by atoms with E-state index in [1.807, 2.05) is 11.6 Å². The van der Waals surface area contributed by atoms with Crippen LogP contribution in [0.1, 0.15) is 18.9 Å². The van der Waals surface area contributed by atoms with Gasteiger partial charge < -0.3 is 5.32 Å². The Hall–Kier alpha value is -1.35. The molecule has 0 saturated heterocycles. The van der Waals surface area contributed by atoms with Crippen molar-refractivity contribution in [3.8, 4) is 0 Å². The highest BCUT2D eigenvalue weighted by molar-refractivity contribution is 7.92. The summed E-state index contributed by atoms with van der Waals surface area (Å²) in [6, 6.07) is 1.57. The Bertz CT molecular complexity index is 573. The summed E-state index contributed by atoms with van der Waals surface area (Å²) in [6.07, 6.45) is -3.85. The van der Waals surface area contributed by atoms with Crippen molar-refractivity contribution in [2.45, 2.75) is 19.5 Å². The fourth-order valence-electron chi connectivity index (χ4n) is 1.51. The molecule has 0 fully saturated rings. The normalized spacial score (nSPS) is 12.4. The highest BCUT2D eigenvalue weighted by atomic mass is 32.2. The summed E-state index contributed by atoms with van der Waals surface area (Å²) in [5.41, 5.74) is -1.83. The topological polar surface area (TPSA) is 58.2 Å². The number of rotatable bonds is 7. The lowest BCUT2D eigenvalue weighted by molar-refractivity contribution is -0.137. The summed E-state index contributed by atoms with van der Waals surface area (Å²) >= 11 is 0. The first-order chi connectivity index (χ1) is 9.65. The molecule has 0 amide bonds. The smallest absolute Gasteiger partial charge is 0.316 e. The molecule has 0 aromatic heterocycles. The van der Waals surface area contributed by atoms with Crippen LogP contribution < -0.4 is 10.0 Å². The quantitative estimate of drug-likeness (QED) is 0.597. The van der Waals surface area contributed by atoms with Crippen LogP contribution in [-0.2, 0) is 16.2 Å². The molecule has 0 aliphatic heterocycles.